The highest BCUT2D eigenvalue weighted by molar-refractivity contribution is 5.98. The summed E-state index contributed by atoms with van der Waals surface area (Å²) in [6.07, 6.45) is 6.08. The Hall–Kier alpha value is -3.09. The molecule has 7 heteroatoms. The highest BCUT2D eigenvalue weighted by atomic mass is 16.2. The highest BCUT2D eigenvalue weighted by Crippen LogP contribution is 2.25. The molecule has 28 heavy (non-hydrogen) atoms. The third-order valence-electron chi connectivity index (χ3n) is 5.85. The second-order valence-corrected chi connectivity index (χ2v) is 7.73. The molecule has 7 nitrogen and oxygen atoms in total. The average molecular weight is 377 g/mol. The van der Waals surface area contributed by atoms with E-state index in [0.717, 1.165) is 42.3 Å². The molecular weight excluding hydrogens is 354 g/mol. The Morgan fingerprint density at radius 3 is 2.79 bits per heavy atom. The van der Waals surface area contributed by atoms with E-state index in [1.54, 1.807) is 15.8 Å². The van der Waals surface area contributed by atoms with Crippen LogP contribution in [0.3, 0.4) is 0 Å². The number of benzene rings is 1. The molecule has 1 aliphatic carbocycles. The molecule has 0 saturated heterocycles. The van der Waals surface area contributed by atoms with E-state index in [-0.39, 0.29) is 17.9 Å². The number of rotatable bonds is 3. The summed E-state index contributed by atoms with van der Waals surface area (Å²) in [5.74, 6) is -0.145. The Morgan fingerprint density at radius 1 is 1.14 bits per heavy atom. The minimum atomic E-state index is -0.493. The molecule has 2 N–H and O–H groups in total. The van der Waals surface area contributed by atoms with Crippen LogP contribution >= 0.6 is 0 Å². The minimum absolute atomic E-state index is 0.0500. The van der Waals surface area contributed by atoms with Gasteiger partial charge in [-0.25, -0.2) is 0 Å². The van der Waals surface area contributed by atoms with E-state index in [2.05, 4.69) is 15.4 Å². The number of aromatic amines is 1. The van der Waals surface area contributed by atoms with Crippen LogP contribution in [0.25, 0.3) is 10.9 Å². The maximum absolute atomic E-state index is 13.1. The molecule has 2 amide bonds. The fourth-order valence-corrected chi connectivity index (χ4v) is 4.37. The normalized spacial score (nSPS) is 19.7. The number of hydrogen-bond donors (Lipinski definition) is 2. The van der Waals surface area contributed by atoms with E-state index in [1.807, 2.05) is 36.4 Å². The molecule has 2 aromatic heterocycles. The van der Waals surface area contributed by atoms with Gasteiger partial charge in [0, 0.05) is 23.1 Å². The first kappa shape index (κ1) is 17.0. The van der Waals surface area contributed by atoms with Crippen molar-refractivity contribution in [2.75, 3.05) is 6.54 Å². The lowest BCUT2D eigenvalue weighted by molar-refractivity contribution is -0.126. The van der Waals surface area contributed by atoms with Gasteiger partial charge in [-0.1, -0.05) is 31.0 Å². The van der Waals surface area contributed by atoms with Crippen LogP contribution in [-0.4, -0.2) is 44.1 Å². The zero-order valence-electron chi connectivity index (χ0n) is 15.6. The lowest BCUT2D eigenvalue weighted by atomic mass is 10.1. The minimum Gasteiger partial charge on any atom is -0.351 e. The van der Waals surface area contributed by atoms with Crippen LogP contribution in [0.2, 0.25) is 0 Å². The van der Waals surface area contributed by atoms with Gasteiger partial charge in [0.05, 0.1) is 18.8 Å². The van der Waals surface area contributed by atoms with E-state index < -0.39 is 6.04 Å². The van der Waals surface area contributed by atoms with Crippen LogP contribution in [0, 0.1) is 0 Å². The third-order valence-corrected chi connectivity index (χ3v) is 5.85. The molecule has 0 radical (unpaired) electrons. The van der Waals surface area contributed by atoms with Crippen molar-refractivity contribution in [3.05, 3.63) is 54.0 Å². The Balaban J connectivity index is 1.40. The first-order valence-corrected chi connectivity index (χ1v) is 9.89. The van der Waals surface area contributed by atoms with Crippen molar-refractivity contribution in [1.29, 1.82) is 0 Å². The van der Waals surface area contributed by atoms with Crippen LogP contribution in [0.4, 0.5) is 0 Å². The number of carbonyl (C=O) groups excluding carboxylic acids is 2. The van der Waals surface area contributed by atoms with Crippen LogP contribution < -0.4 is 5.32 Å². The van der Waals surface area contributed by atoms with Crippen molar-refractivity contribution < 1.29 is 9.59 Å². The first-order chi connectivity index (χ1) is 13.7. The molecule has 1 fully saturated rings. The number of nitrogens with one attached hydrogen (secondary N) is 2. The number of amides is 2. The molecule has 2 aliphatic rings. The van der Waals surface area contributed by atoms with Crippen LogP contribution in [-0.2, 0) is 11.3 Å². The Bertz CT molecular complexity index is 997. The Morgan fingerprint density at radius 2 is 1.96 bits per heavy atom. The van der Waals surface area contributed by atoms with Gasteiger partial charge in [-0.2, -0.15) is 5.10 Å². The molecule has 1 unspecified atom stereocenters. The van der Waals surface area contributed by atoms with Gasteiger partial charge >= 0.3 is 0 Å². The summed E-state index contributed by atoms with van der Waals surface area (Å²) < 4.78 is 1.76. The Kier molecular flexibility index (Phi) is 4.15. The van der Waals surface area contributed by atoms with Gasteiger partial charge < -0.3 is 15.2 Å². The number of hydrogen-bond acceptors (Lipinski definition) is 3. The van der Waals surface area contributed by atoms with Crippen molar-refractivity contribution in [3.63, 3.8) is 0 Å². The van der Waals surface area contributed by atoms with Gasteiger partial charge in [0.1, 0.15) is 11.7 Å². The molecule has 0 spiro atoms. The zero-order chi connectivity index (χ0) is 19.1. The Labute approximate surface area is 162 Å². The van der Waals surface area contributed by atoms with Crippen LogP contribution in [0.5, 0.6) is 0 Å². The lowest BCUT2D eigenvalue weighted by Crippen LogP contribution is -2.48. The second-order valence-electron chi connectivity index (χ2n) is 7.73. The van der Waals surface area contributed by atoms with Gasteiger partial charge in [0.15, 0.2) is 0 Å². The van der Waals surface area contributed by atoms with E-state index in [9.17, 15) is 9.59 Å². The maximum atomic E-state index is 13.1. The smallest absolute Gasteiger partial charge is 0.270 e. The summed E-state index contributed by atoms with van der Waals surface area (Å²) in [5, 5.41) is 8.50. The van der Waals surface area contributed by atoms with E-state index in [1.165, 1.54) is 0 Å². The molecule has 1 atom stereocenters. The largest absolute Gasteiger partial charge is 0.351 e. The maximum Gasteiger partial charge on any atom is 0.270 e. The van der Waals surface area contributed by atoms with Gasteiger partial charge in [-0.3, -0.25) is 14.3 Å². The number of nitrogens with zero attached hydrogens (tertiary/aromatic N) is 3. The van der Waals surface area contributed by atoms with E-state index in [0.29, 0.717) is 18.8 Å². The second kappa shape index (κ2) is 6.82. The average Bonchev–Trinajstić information content (AvgIpc) is 3.45. The van der Waals surface area contributed by atoms with E-state index >= 15 is 0 Å². The molecule has 3 aromatic rings. The monoisotopic (exact) mass is 377 g/mol. The molecule has 1 aliphatic heterocycles. The molecular formula is C21H23N5O2. The standard InChI is InChI=1S/C21H23N5O2/c27-20(23-15-6-2-3-7-15)19-13-25(12-16-9-10-22-26(16)19)21(28)18-11-14-5-1-4-8-17(14)24-18/h1,4-5,8-11,15,19,24H,2-3,6-7,12-13H2,(H,23,27). The predicted molar refractivity (Wildman–Crippen MR) is 105 cm³/mol. The highest BCUT2D eigenvalue weighted by Gasteiger charge is 2.34. The summed E-state index contributed by atoms with van der Waals surface area (Å²) in [7, 11) is 0. The van der Waals surface area contributed by atoms with Crippen molar-refractivity contribution in [1.82, 2.24) is 25.0 Å². The van der Waals surface area contributed by atoms with Gasteiger partial charge in [-0.15, -0.1) is 0 Å². The summed E-state index contributed by atoms with van der Waals surface area (Å²) in [6.45, 7) is 0.767. The number of para-hydroxylation sites is 1. The van der Waals surface area contributed by atoms with Gasteiger partial charge in [-0.05, 0) is 31.0 Å². The fourth-order valence-electron chi connectivity index (χ4n) is 4.37. The van der Waals surface area contributed by atoms with Gasteiger partial charge in [0.25, 0.3) is 5.91 Å². The van der Waals surface area contributed by atoms with E-state index in [4.69, 9.17) is 0 Å². The zero-order valence-corrected chi connectivity index (χ0v) is 15.6. The number of fused-ring (bicyclic) bond motifs is 2. The molecule has 1 aromatic carbocycles. The fraction of sp³-hybridized carbons (Fsp3) is 0.381. The quantitative estimate of drug-likeness (QED) is 0.736. The first-order valence-electron chi connectivity index (χ1n) is 9.89. The van der Waals surface area contributed by atoms with Crippen molar-refractivity contribution in [2.24, 2.45) is 0 Å². The van der Waals surface area contributed by atoms with Crippen molar-refractivity contribution in [2.45, 2.75) is 44.3 Å². The summed E-state index contributed by atoms with van der Waals surface area (Å²) >= 11 is 0. The molecule has 0 bridgehead atoms. The van der Waals surface area contributed by atoms with Crippen LogP contribution in [0.1, 0.15) is 47.9 Å². The van der Waals surface area contributed by atoms with Crippen LogP contribution in [0.15, 0.2) is 42.6 Å². The molecule has 3 heterocycles. The SMILES string of the molecule is O=C(NC1CCCC1)C1CN(C(=O)c2cc3ccccc3[nH]2)Cc2ccnn21. The summed E-state index contributed by atoms with van der Waals surface area (Å²) in [6, 6.07) is 11.3. The summed E-state index contributed by atoms with van der Waals surface area (Å²) in [5.41, 5.74) is 2.36. The van der Waals surface area contributed by atoms with Gasteiger partial charge in [0.2, 0.25) is 5.91 Å². The summed E-state index contributed by atoms with van der Waals surface area (Å²) in [4.78, 5) is 31.0. The van der Waals surface area contributed by atoms with Crippen molar-refractivity contribution >= 4 is 22.7 Å². The lowest BCUT2D eigenvalue weighted by Gasteiger charge is -2.33. The molecule has 144 valence electrons. The topological polar surface area (TPSA) is 83.0 Å². The molecule has 1 saturated carbocycles. The number of aromatic nitrogens is 3. The number of H-pyrrole nitrogens is 1. The molecule has 5 rings (SSSR count). The third kappa shape index (κ3) is 2.96. The number of carbonyl (C=O) groups is 2. The predicted octanol–water partition coefficient (Wildman–Crippen LogP) is 2.62. The van der Waals surface area contributed by atoms with Crippen molar-refractivity contribution in [3.8, 4) is 0 Å².